The number of hydrogen-bond acceptors (Lipinski definition) is 1. The van der Waals surface area contributed by atoms with Gasteiger partial charge in [0, 0.05) is 16.9 Å². The summed E-state index contributed by atoms with van der Waals surface area (Å²) in [6.07, 6.45) is 0.927. The van der Waals surface area contributed by atoms with E-state index in [4.69, 9.17) is 0 Å². The summed E-state index contributed by atoms with van der Waals surface area (Å²) in [5.41, 5.74) is 3.11. The SMILES string of the molecule is CC1(C)C(=O)c2ccccc2C1Cc1ccccc1. The second-order valence-corrected chi connectivity index (χ2v) is 5.88. The van der Waals surface area contributed by atoms with Gasteiger partial charge in [-0.3, -0.25) is 4.79 Å². The Hall–Kier alpha value is -1.89. The second-order valence-electron chi connectivity index (χ2n) is 5.88. The minimum absolute atomic E-state index is 0.276. The van der Waals surface area contributed by atoms with Crippen LogP contribution in [0.4, 0.5) is 0 Å². The molecule has 2 aromatic rings. The molecule has 0 aliphatic heterocycles. The monoisotopic (exact) mass is 250 g/mol. The van der Waals surface area contributed by atoms with Crippen molar-refractivity contribution in [3.05, 3.63) is 71.3 Å². The van der Waals surface area contributed by atoms with E-state index >= 15 is 0 Å². The van der Waals surface area contributed by atoms with Crippen molar-refractivity contribution in [2.75, 3.05) is 0 Å². The van der Waals surface area contributed by atoms with Gasteiger partial charge in [0.2, 0.25) is 0 Å². The Morgan fingerprint density at radius 3 is 2.32 bits per heavy atom. The molecule has 0 aromatic heterocycles. The highest BCUT2D eigenvalue weighted by Gasteiger charge is 2.45. The number of carbonyl (C=O) groups excluding carboxylic acids is 1. The van der Waals surface area contributed by atoms with Crippen LogP contribution in [0.5, 0.6) is 0 Å². The third kappa shape index (κ3) is 1.90. The summed E-state index contributed by atoms with van der Waals surface area (Å²) in [6.45, 7) is 4.14. The highest BCUT2D eigenvalue weighted by Crippen LogP contribution is 2.48. The van der Waals surface area contributed by atoms with Gasteiger partial charge in [-0.2, -0.15) is 0 Å². The lowest BCUT2D eigenvalue weighted by Gasteiger charge is -2.26. The van der Waals surface area contributed by atoms with E-state index in [1.165, 1.54) is 11.1 Å². The number of fused-ring (bicyclic) bond motifs is 1. The third-order valence-corrected chi connectivity index (χ3v) is 4.32. The van der Waals surface area contributed by atoms with Crippen LogP contribution in [0.1, 0.15) is 41.3 Å². The van der Waals surface area contributed by atoms with Crippen LogP contribution in [-0.2, 0) is 6.42 Å². The molecular weight excluding hydrogens is 232 g/mol. The summed E-state index contributed by atoms with van der Waals surface area (Å²) in [5, 5.41) is 0. The molecule has 1 aliphatic carbocycles. The Morgan fingerprint density at radius 1 is 0.947 bits per heavy atom. The van der Waals surface area contributed by atoms with Crippen molar-refractivity contribution in [3.8, 4) is 0 Å². The van der Waals surface area contributed by atoms with Gasteiger partial charge in [-0.25, -0.2) is 0 Å². The molecule has 0 spiro atoms. The van der Waals surface area contributed by atoms with Crippen molar-refractivity contribution < 1.29 is 4.79 Å². The predicted octanol–water partition coefficient (Wildman–Crippen LogP) is 4.24. The van der Waals surface area contributed by atoms with E-state index in [-0.39, 0.29) is 17.1 Å². The number of rotatable bonds is 2. The van der Waals surface area contributed by atoms with Gasteiger partial charge in [0.25, 0.3) is 0 Å². The maximum Gasteiger partial charge on any atom is 0.169 e. The molecule has 0 heterocycles. The normalized spacial score (nSPS) is 20.3. The molecule has 1 atom stereocenters. The summed E-state index contributed by atoms with van der Waals surface area (Å²) in [6, 6.07) is 18.5. The molecule has 1 heteroatoms. The molecule has 0 saturated carbocycles. The van der Waals surface area contributed by atoms with Crippen LogP contribution >= 0.6 is 0 Å². The average molecular weight is 250 g/mol. The Bertz CT molecular complexity index is 611. The van der Waals surface area contributed by atoms with Gasteiger partial charge in [-0.05, 0) is 17.5 Å². The van der Waals surface area contributed by atoms with Gasteiger partial charge in [0.1, 0.15) is 0 Å². The van der Waals surface area contributed by atoms with Crippen LogP contribution in [-0.4, -0.2) is 5.78 Å². The molecule has 1 unspecified atom stereocenters. The van der Waals surface area contributed by atoms with Crippen molar-refractivity contribution in [1.82, 2.24) is 0 Å². The number of benzene rings is 2. The molecule has 0 fully saturated rings. The standard InChI is InChI=1S/C18H18O/c1-18(2)16(12-13-8-4-3-5-9-13)14-10-6-7-11-15(14)17(18)19/h3-11,16H,12H2,1-2H3. The first-order valence-corrected chi connectivity index (χ1v) is 6.78. The number of Topliss-reactive ketones (excluding diaryl/α,β-unsaturated/α-hetero) is 1. The molecule has 0 radical (unpaired) electrons. The molecule has 0 N–H and O–H groups in total. The summed E-state index contributed by atoms with van der Waals surface area (Å²) in [7, 11) is 0. The fraction of sp³-hybridized carbons (Fsp3) is 0.278. The van der Waals surface area contributed by atoms with E-state index in [0.29, 0.717) is 0 Å². The van der Waals surface area contributed by atoms with Gasteiger partial charge in [-0.1, -0.05) is 68.4 Å². The number of ketones is 1. The van der Waals surface area contributed by atoms with Crippen LogP contribution in [0.2, 0.25) is 0 Å². The second kappa shape index (κ2) is 4.34. The zero-order valence-corrected chi connectivity index (χ0v) is 11.4. The third-order valence-electron chi connectivity index (χ3n) is 4.32. The Morgan fingerprint density at radius 2 is 1.58 bits per heavy atom. The smallest absolute Gasteiger partial charge is 0.169 e. The molecule has 96 valence electrons. The topological polar surface area (TPSA) is 17.1 Å². The molecule has 0 amide bonds. The summed E-state index contributed by atoms with van der Waals surface area (Å²) < 4.78 is 0. The lowest BCUT2D eigenvalue weighted by atomic mass is 9.76. The predicted molar refractivity (Wildman–Crippen MR) is 77.4 cm³/mol. The Kier molecular flexibility index (Phi) is 2.78. The quantitative estimate of drug-likeness (QED) is 0.779. The van der Waals surface area contributed by atoms with Crippen molar-refractivity contribution in [2.24, 2.45) is 5.41 Å². The van der Waals surface area contributed by atoms with Crippen molar-refractivity contribution in [2.45, 2.75) is 26.2 Å². The van der Waals surface area contributed by atoms with Gasteiger partial charge in [0.15, 0.2) is 5.78 Å². The molecule has 2 aromatic carbocycles. The van der Waals surface area contributed by atoms with E-state index in [0.717, 1.165) is 12.0 Å². The molecule has 19 heavy (non-hydrogen) atoms. The van der Waals surface area contributed by atoms with E-state index < -0.39 is 0 Å². The molecule has 0 bridgehead atoms. The van der Waals surface area contributed by atoms with Crippen molar-refractivity contribution in [1.29, 1.82) is 0 Å². The molecule has 3 rings (SSSR count). The van der Waals surface area contributed by atoms with Crippen LogP contribution in [0.25, 0.3) is 0 Å². The molecule has 1 nitrogen and oxygen atoms in total. The first-order chi connectivity index (χ1) is 9.10. The number of hydrogen-bond donors (Lipinski definition) is 0. The van der Waals surface area contributed by atoms with E-state index in [1.54, 1.807) is 0 Å². The molecular formula is C18H18O. The van der Waals surface area contributed by atoms with Crippen molar-refractivity contribution >= 4 is 5.78 Å². The fourth-order valence-electron chi connectivity index (χ4n) is 3.12. The van der Waals surface area contributed by atoms with Crippen LogP contribution in [0.15, 0.2) is 54.6 Å². The number of carbonyl (C=O) groups is 1. The minimum atomic E-state index is -0.306. The maximum atomic E-state index is 12.5. The van der Waals surface area contributed by atoms with Crippen LogP contribution in [0.3, 0.4) is 0 Å². The largest absolute Gasteiger partial charge is 0.294 e. The highest BCUT2D eigenvalue weighted by atomic mass is 16.1. The Labute approximate surface area is 114 Å². The van der Waals surface area contributed by atoms with Gasteiger partial charge < -0.3 is 0 Å². The summed E-state index contributed by atoms with van der Waals surface area (Å²) in [4.78, 5) is 12.5. The Balaban J connectivity index is 2.03. The van der Waals surface area contributed by atoms with E-state index in [1.807, 2.05) is 24.3 Å². The van der Waals surface area contributed by atoms with Gasteiger partial charge in [0.05, 0.1) is 0 Å². The maximum absolute atomic E-state index is 12.5. The fourth-order valence-corrected chi connectivity index (χ4v) is 3.12. The van der Waals surface area contributed by atoms with E-state index in [2.05, 4.69) is 44.2 Å². The van der Waals surface area contributed by atoms with Crippen LogP contribution < -0.4 is 0 Å². The molecule has 1 aliphatic rings. The highest BCUT2D eigenvalue weighted by molar-refractivity contribution is 6.05. The lowest BCUT2D eigenvalue weighted by molar-refractivity contribution is 0.0834. The average Bonchev–Trinajstić information content (AvgIpc) is 2.62. The molecule has 0 saturated heterocycles. The van der Waals surface area contributed by atoms with Gasteiger partial charge in [-0.15, -0.1) is 0 Å². The van der Waals surface area contributed by atoms with Crippen LogP contribution in [0, 0.1) is 5.41 Å². The summed E-state index contributed by atoms with van der Waals surface area (Å²) >= 11 is 0. The lowest BCUT2D eigenvalue weighted by Crippen LogP contribution is -2.25. The zero-order chi connectivity index (χ0) is 13.5. The summed E-state index contributed by atoms with van der Waals surface area (Å²) in [5.74, 6) is 0.558. The zero-order valence-electron chi connectivity index (χ0n) is 11.4. The first-order valence-electron chi connectivity index (χ1n) is 6.78. The minimum Gasteiger partial charge on any atom is -0.294 e. The first kappa shape index (κ1) is 12.2. The van der Waals surface area contributed by atoms with Crippen molar-refractivity contribution in [3.63, 3.8) is 0 Å². The van der Waals surface area contributed by atoms with E-state index in [9.17, 15) is 4.79 Å². The van der Waals surface area contributed by atoms with Gasteiger partial charge >= 0.3 is 0 Å².